The Morgan fingerprint density at radius 1 is 1.15 bits per heavy atom. The van der Waals surface area contributed by atoms with Gasteiger partial charge in [0.15, 0.2) is 23.2 Å². The van der Waals surface area contributed by atoms with Crippen molar-refractivity contribution in [1.29, 1.82) is 0 Å². The second kappa shape index (κ2) is 7.21. The van der Waals surface area contributed by atoms with E-state index in [4.69, 9.17) is 14.2 Å². The predicted octanol–water partition coefficient (Wildman–Crippen LogP) is 3.12. The molecular weight excluding hydrogens is 352 g/mol. The van der Waals surface area contributed by atoms with Crippen molar-refractivity contribution in [3.63, 3.8) is 0 Å². The highest BCUT2D eigenvalue weighted by atomic mass is 32.1. The van der Waals surface area contributed by atoms with Crippen LogP contribution in [0.1, 0.15) is 0 Å². The van der Waals surface area contributed by atoms with Crippen LogP contribution < -0.4 is 14.4 Å². The van der Waals surface area contributed by atoms with Crippen molar-refractivity contribution >= 4 is 32.7 Å². The molecule has 4 rings (SSSR count). The Kier molecular flexibility index (Phi) is 4.62. The zero-order valence-electron chi connectivity index (χ0n) is 14.3. The number of hydrogen-bond donors (Lipinski definition) is 0. The number of para-hydroxylation sites is 3. The van der Waals surface area contributed by atoms with Crippen molar-refractivity contribution in [1.82, 2.24) is 4.98 Å². The monoisotopic (exact) mass is 370 g/mol. The number of benzene rings is 2. The minimum atomic E-state index is -0.384. The van der Waals surface area contributed by atoms with Crippen LogP contribution in [0.25, 0.3) is 10.2 Å². The van der Waals surface area contributed by atoms with Gasteiger partial charge in [0.1, 0.15) is 6.10 Å². The molecule has 1 aromatic heterocycles. The molecule has 1 aliphatic rings. The van der Waals surface area contributed by atoms with Crippen LogP contribution in [-0.4, -0.2) is 43.9 Å². The summed E-state index contributed by atoms with van der Waals surface area (Å²) < 4.78 is 17.3. The molecule has 0 saturated carbocycles. The number of thiazole rings is 1. The zero-order chi connectivity index (χ0) is 17.9. The van der Waals surface area contributed by atoms with Gasteiger partial charge in [0.2, 0.25) is 0 Å². The van der Waals surface area contributed by atoms with Crippen LogP contribution in [0.3, 0.4) is 0 Å². The minimum Gasteiger partial charge on any atom is -0.493 e. The molecule has 0 aliphatic carbocycles. The lowest BCUT2D eigenvalue weighted by atomic mass is 10.2. The first kappa shape index (κ1) is 16.7. The SMILES string of the molecule is COc1ccccc1OCC(=O)OC1CN(c2nc3ccccc3s2)C1. The highest BCUT2D eigenvalue weighted by Gasteiger charge is 2.32. The third-order valence-electron chi connectivity index (χ3n) is 4.11. The number of methoxy groups -OCH3 is 1. The number of carbonyl (C=O) groups excluding carboxylic acids is 1. The largest absolute Gasteiger partial charge is 0.493 e. The van der Waals surface area contributed by atoms with Crippen LogP contribution in [0.5, 0.6) is 11.5 Å². The van der Waals surface area contributed by atoms with E-state index in [1.54, 1.807) is 30.6 Å². The summed E-state index contributed by atoms with van der Waals surface area (Å²) in [6.45, 7) is 1.17. The average Bonchev–Trinajstić information content (AvgIpc) is 3.06. The number of esters is 1. The number of rotatable bonds is 6. The number of carbonyl (C=O) groups is 1. The summed E-state index contributed by atoms with van der Waals surface area (Å²) in [5.41, 5.74) is 0.998. The van der Waals surface area contributed by atoms with E-state index in [1.807, 2.05) is 30.3 Å². The van der Waals surface area contributed by atoms with Gasteiger partial charge < -0.3 is 19.1 Å². The van der Waals surface area contributed by atoms with Crippen LogP contribution in [-0.2, 0) is 9.53 Å². The van der Waals surface area contributed by atoms with E-state index in [0.717, 1.165) is 15.3 Å². The minimum absolute atomic E-state index is 0.129. The molecule has 3 aromatic rings. The van der Waals surface area contributed by atoms with Crippen molar-refractivity contribution in [3.8, 4) is 11.5 Å². The maximum Gasteiger partial charge on any atom is 0.344 e. The van der Waals surface area contributed by atoms with Crippen molar-refractivity contribution in [3.05, 3.63) is 48.5 Å². The Hall–Kier alpha value is -2.80. The molecule has 0 atom stereocenters. The summed E-state index contributed by atoms with van der Waals surface area (Å²) in [6, 6.07) is 15.2. The van der Waals surface area contributed by atoms with Gasteiger partial charge in [-0.3, -0.25) is 0 Å². The summed E-state index contributed by atoms with van der Waals surface area (Å²) in [5.74, 6) is 0.729. The molecule has 2 heterocycles. The Morgan fingerprint density at radius 3 is 2.65 bits per heavy atom. The quantitative estimate of drug-likeness (QED) is 0.622. The van der Waals surface area contributed by atoms with E-state index in [0.29, 0.717) is 24.6 Å². The Balaban J connectivity index is 1.26. The molecule has 0 spiro atoms. The van der Waals surface area contributed by atoms with Crippen LogP contribution in [0.2, 0.25) is 0 Å². The zero-order valence-corrected chi connectivity index (χ0v) is 15.1. The van der Waals surface area contributed by atoms with E-state index in [2.05, 4.69) is 16.0 Å². The molecule has 1 saturated heterocycles. The van der Waals surface area contributed by atoms with Crippen molar-refractivity contribution < 1.29 is 19.0 Å². The van der Waals surface area contributed by atoms with Gasteiger partial charge in [-0.05, 0) is 24.3 Å². The summed E-state index contributed by atoms with van der Waals surface area (Å²) >= 11 is 1.65. The topological polar surface area (TPSA) is 60.9 Å². The van der Waals surface area contributed by atoms with Gasteiger partial charge in [0.25, 0.3) is 0 Å². The Bertz CT molecular complexity index is 888. The number of aromatic nitrogens is 1. The molecule has 7 heteroatoms. The van der Waals surface area contributed by atoms with Crippen LogP contribution in [0.15, 0.2) is 48.5 Å². The van der Waals surface area contributed by atoms with E-state index in [-0.39, 0.29) is 18.7 Å². The van der Waals surface area contributed by atoms with E-state index < -0.39 is 0 Å². The van der Waals surface area contributed by atoms with Gasteiger partial charge in [-0.25, -0.2) is 9.78 Å². The molecule has 0 unspecified atom stereocenters. The van der Waals surface area contributed by atoms with Gasteiger partial charge in [0.05, 0.1) is 30.4 Å². The van der Waals surface area contributed by atoms with Gasteiger partial charge >= 0.3 is 5.97 Å². The molecule has 1 aliphatic heterocycles. The number of nitrogens with zero attached hydrogens (tertiary/aromatic N) is 2. The smallest absolute Gasteiger partial charge is 0.344 e. The first-order valence-corrected chi connectivity index (χ1v) is 9.10. The normalized spacial score (nSPS) is 14.1. The summed E-state index contributed by atoms with van der Waals surface area (Å²) in [6.07, 6.45) is -0.129. The van der Waals surface area contributed by atoms with E-state index in [9.17, 15) is 4.79 Å². The molecule has 0 amide bonds. The fourth-order valence-corrected chi connectivity index (χ4v) is 3.74. The third-order valence-corrected chi connectivity index (χ3v) is 5.21. The van der Waals surface area contributed by atoms with Gasteiger partial charge in [-0.2, -0.15) is 0 Å². The lowest BCUT2D eigenvalue weighted by Crippen LogP contribution is -2.53. The third kappa shape index (κ3) is 3.43. The maximum atomic E-state index is 12.0. The molecular formula is C19H18N2O4S. The second-order valence-corrected chi connectivity index (χ2v) is 6.93. The molecule has 6 nitrogen and oxygen atoms in total. The number of hydrogen-bond acceptors (Lipinski definition) is 7. The van der Waals surface area contributed by atoms with Crippen LogP contribution >= 0.6 is 11.3 Å². The van der Waals surface area contributed by atoms with E-state index in [1.165, 1.54) is 0 Å². The summed E-state index contributed by atoms with van der Waals surface area (Å²) in [4.78, 5) is 18.7. The Labute approximate surface area is 154 Å². The van der Waals surface area contributed by atoms with Gasteiger partial charge in [-0.1, -0.05) is 35.6 Å². The molecule has 0 radical (unpaired) electrons. The second-order valence-electron chi connectivity index (χ2n) is 5.92. The van der Waals surface area contributed by atoms with Crippen molar-refractivity contribution in [2.24, 2.45) is 0 Å². The van der Waals surface area contributed by atoms with Crippen LogP contribution in [0.4, 0.5) is 5.13 Å². The van der Waals surface area contributed by atoms with Crippen LogP contribution in [0, 0.1) is 0 Å². The van der Waals surface area contributed by atoms with Crippen molar-refractivity contribution in [2.45, 2.75) is 6.10 Å². The lowest BCUT2D eigenvalue weighted by molar-refractivity contribution is -0.152. The van der Waals surface area contributed by atoms with Gasteiger partial charge in [-0.15, -0.1) is 0 Å². The Morgan fingerprint density at radius 2 is 1.88 bits per heavy atom. The molecule has 0 bridgehead atoms. The standard InChI is InChI=1S/C19H18N2O4S/c1-23-15-7-3-4-8-16(15)24-12-18(22)25-13-10-21(11-13)19-20-14-6-2-5-9-17(14)26-19/h2-9,13H,10-12H2,1H3. The highest BCUT2D eigenvalue weighted by Crippen LogP contribution is 2.32. The van der Waals surface area contributed by atoms with Gasteiger partial charge in [0, 0.05) is 0 Å². The number of ether oxygens (including phenoxy) is 3. The fraction of sp³-hybridized carbons (Fsp3) is 0.263. The number of anilines is 1. The molecule has 134 valence electrons. The average molecular weight is 370 g/mol. The summed E-state index contributed by atoms with van der Waals surface area (Å²) in [7, 11) is 1.56. The number of fused-ring (bicyclic) bond motifs is 1. The maximum absolute atomic E-state index is 12.0. The first-order chi connectivity index (χ1) is 12.7. The molecule has 1 fully saturated rings. The van der Waals surface area contributed by atoms with E-state index >= 15 is 0 Å². The highest BCUT2D eigenvalue weighted by molar-refractivity contribution is 7.22. The predicted molar refractivity (Wildman–Crippen MR) is 100 cm³/mol. The molecule has 2 aromatic carbocycles. The first-order valence-electron chi connectivity index (χ1n) is 8.29. The molecule has 0 N–H and O–H groups in total. The fourth-order valence-electron chi connectivity index (χ4n) is 2.76. The lowest BCUT2D eigenvalue weighted by Gasteiger charge is -2.38. The van der Waals surface area contributed by atoms with Crippen molar-refractivity contribution in [2.75, 3.05) is 31.7 Å². The molecule has 26 heavy (non-hydrogen) atoms. The summed E-state index contributed by atoms with van der Waals surface area (Å²) in [5, 5.41) is 0.962.